The normalized spacial score (nSPS) is 10.6. The molecule has 0 aliphatic heterocycles. The summed E-state index contributed by atoms with van der Waals surface area (Å²) in [5, 5.41) is 0. The molecule has 6 heteroatoms. The largest absolute Gasteiger partial charge is 0.467 e. The molecule has 6 nitrogen and oxygen atoms in total. The Labute approximate surface area is 157 Å². The van der Waals surface area contributed by atoms with Gasteiger partial charge in [0.05, 0.1) is 19.2 Å². The molecule has 3 aromatic rings. The molecule has 0 unspecified atom stereocenters. The van der Waals surface area contributed by atoms with E-state index in [2.05, 4.69) is 0 Å². The van der Waals surface area contributed by atoms with Crippen molar-refractivity contribution < 1.29 is 23.2 Å². The van der Waals surface area contributed by atoms with Gasteiger partial charge in [-0.05, 0) is 24.3 Å². The van der Waals surface area contributed by atoms with Crippen molar-refractivity contribution in [2.75, 3.05) is 13.7 Å². The highest BCUT2D eigenvalue weighted by molar-refractivity contribution is 5.80. The molecule has 1 amide bonds. The van der Waals surface area contributed by atoms with Crippen molar-refractivity contribution in [3.8, 4) is 11.3 Å². The lowest BCUT2D eigenvalue weighted by atomic mass is 10.2. The minimum absolute atomic E-state index is 0.150. The number of benzene rings is 1. The second-order valence-electron chi connectivity index (χ2n) is 6.12. The highest BCUT2D eigenvalue weighted by atomic mass is 16.5. The van der Waals surface area contributed by atoms with Gasteiger partial charge in [-0.2, -0.15) is 0 Å². The van der Waals surface area contributed by atoms with E-state index in [1.165, 1.54) is 4.90 Å². The van der Waals surface area contributed by atoms with Crippen LogP contribution in [0.1, 0.15) is 17.9 Å². The highest BCUT2D eigenvalue weighted by Gasteiger charge is 2.14. The fraction of sp³-hybridized carbons (Fsp3) is 0.238. The molecule has 0 aliphatic carbocycles. The molecular weight excluding hydrogens is 346 g/mol. The first-order valence-corrected chi connectivity index (χ1v) is 8.68. The zero-order valence-corrected chi connectivity index (χ0v) is 15.1. The Balaban J connectivity index is 1.41. The summed E-state index contributed by atoms with van der Waals surface area (Å²) in [4.78, 5) is 25.3. The number of aryl methyl sites for hydroxylation is 1. The fourth-order valence-corrected chi connectivity index (χ4v) is 2.54. The van der Waals surface area contributed by atoms with E-state index >= 15 is 0 Å². The summed E-state index contributed by atoms with van der Waals surface area (Å²) >= 11 is 0. The Hall–Kier alpha value is -3.28. The lowest BCUT2D eigenvalue weighted by Crippen LogP contribution is -2.30. The minimum Gasteiger partial charge on any atom is -0.467 e. The third-order valence-corrected chi connectivity index (χ3v) is 4.05. The molecule has 0 N–H and O–H groups in total. The summed E-state index contributed by atoms with van der Waals surface area (Å²) in [6, 6.07) is 17.0. The Kier molecular flexibility index (Phi) is 6.10. The lowest BCUT2D eigenvalue weighted by Gasteiger charge is -2.15. The predicted molar refractivity (Wildman–Crippen MR) is 98.6 cm³/mol. The van der Waals surface area contributed by atoms with Crippen molar-refractivity contribution >= 4 is 11.9 Å². The summed E-state index contributed by atoms with van der Waals surface area (Å²) in [7, 11) is 1.63. The van der Waals surface area contributed by atoms with Gasteiger partial charge in [0.15, 0.2) is 6.61 Å². The van der Waals surface area contributed by atoms with Gasteiger partial charge in [-0.25, -0.2) is 0 Å². The number of likely N-dealkylation sites (N-methyl/N-ethyl adjacent to an activating group) is 1. The van der Waals surface area contributed by atoms with Crippen LogP contribution in [0.2, 0.25) is 0 Å². The monoisotopic (exact) mass is 367 g/mol. The summed E-state index contributed by atoms with van der Waals surface area (Å²) in [5.74, 6) is 1.40. The topological polar surface area (TPSA) is 72.9 Å². The summed E-state index contributed by atoms with van der Waals surface area (Å²) < 4.78 is 16.0. The average molecular weight is 367 g/mol. The molecule has 27 heavy (non-hydrogen) atoms. The van der Waals surface area contributed by atoms with Crippen LogP contribution in [0.3, 0.4) is 0 Å². The second kappa shape index (κ2) is 8.89. The van der Waals surface area contributed by atoms with E-state index in [1.54, 1.807) is 25.4 Å². The molecule has 0 spiro atoms. The van der Waals surface area contributed by atoms with Crippen molar-refractivity contribution in [1.29, 1.82) is 0 Å². The number of rotatable bonds is 8. The molecule has 1 aromatic carbocycles. The molecule has 2 heterocycles. The van der Waals surface area contributed by atoms with E-state index in [1.807, 2.05) is 42.5 Å². The zero-order chi connectivity index (χ0) is 19.1. The summed E-state index contributed by atoms with van der Waals surface area (Å²) in [6.45, 7) is 0.0432. The summed E-state index contributed by atoms with van der Waals surface area (Å²) in [6.07, 6.45) is 2.12. The Morgan fingerprint density at radius 1 is 1.00 bits per heavy atom. The van der Waals surface area contributed by atoms with Gasteiger partial charge in [-0.3, -0.25) is 9.59 Å². The van der Waals surface area contributed by atoms with Gasteiger partial charge >= 0.3 is 5.97 Å². The zero-order valence-electron chi connectivity index (χ0n) is 15.1. The number of hydrogen-bond donors (Lipinski definition) is 0. The van der Waals surface area contributed by atoms with Crippen LogP contribution in [0.25, 0.3) is 11.3 Å². The first kappa shape index (κ1) is 18.5. The molecule has 0 radical (unpaired) electrons. The van der Waals surface area contributed by atoms with Crippen LogP contribution in [0.4, 0.5) is 0 Å². The second-order valence-corrected chi connectivity index (χ2v) is 6.12. The number of carbonyl (C=O) groups is 2. The van der Waals surface area contributed by atoms with Crippen molar-refractivity contribution in [2.45, 2.75) is 19.4 Å². The molecule has 140 valence electrons. The van der Waals surface area contributed by atoms with Gasteiger partial charge in [0.25, 0.3) is 5.91 Å². The molecule has 0 saturated carbocycles. The van der Waals surface area contributed by atoms with Gasteiger partial charge in [0.2, 0.25) is 0 Å². The van der Waals surface area contributed by atoms with Crippen LogP contribution in [0.15, 0.2) is 69.7 Å². The highest BCUT2D eigenvalue weighted by Crippen LogP contribution is 2.22. The number of furan rings is 2. The molecular formula is C21H21NO5. The van der Waals surface area contributed by atoms with Crippen LogP contribution in [-0.4, -0.2) is 30.4 Å². The van der Waals surface area contributed by atoms with Crippen molar-refractivity contribution in [2.24, 2.45) is 0 Å². The smallest absolute Gasteiger partial charge is 0.306 e. The molecule has 3 rings (SSSR count). The predicted octanol–water partition coefficient (Wildman–Crippen LogP) is 3.67. The van der Waals surface area contributed by atoms with Gasteiger partial charge in [-0.1, -0.05) is 30.3 Å². The number of esters is 1. The van der Waals surface area contributed by atoms with Crippen LogP contribution in [0, 0.1) is 0 Å². The quantitative estimate of drug-likeness (QED) is 0.568. The summed E-state index contributed by atoms with van der Waals surface area (Å²) in [5.41, 5.74) is 0.983. The maximum absolute atomic E-state index is 12.0. The van der Waals surface area contributed by atoms with Crippen molar-refractivity contribution in [3.05, 3.63) is 72.4 Å². The van der Waals surface area contributed by atoms with Crippen molar-refractivity contribution in [1.82, 2.24) is 4.90 Å². The minimum atomic E-state index is -0.438. The third-order valence-electron chi connectivity index (χ3n) is 4.05. The molecule has 0 fully saturated rings. The van der Waals surface area contributed by atoms with E-state index in [0.717, 1.165) is 11.3 Å². The van der Waals surface area contributed by atoms with Gasteiger partial charge in [0, 0.05) is 19.0 Å². The first-order chi connectivity index (χ1) is 13.1. The number of carbonyl (C=O) groups excluding carboxylic acids is 2. The van der Waals surface area contributed by atoms with E-state index in [9.17, 15) is 9.59 Å². The van der Waals surface area contributed by atoms with Gasteiger partial charge in [-0.15, -0.1) is 0 Å². The number of ether oxygens (including phenoxy) is 1. The lowest BCUT2D eigenvalue weighted by molar-refractivity contribution is -0.151. The Morgan fingerprint density at radius 3 is 2.56 bits per heavy atom. The van der Waals surface area contributed by atoms with Crippen LogP contribution in [-0.2, 0) is 27.3 Å². The van der Waals surface area contributed by atoms with Crippen molar-refractivity contribution in [3.63, 3.8) is 0 Å². The van der Waals surface area contributed by atoms with Gasteiger partial charge in [0.1, 0.15) is 17.3 Å². The van der Waals surface area contributed by atoms with Crippen LogP contribution >= 0.6 is 0 Å². The number of amides is 1. The standard InChI is InChI=1S/C21H21NO5/c1-22(14-18-8-5-13-25-18)20(23)15-26-21(24)12-10-17-9-11-19(27-17)16-6-3-2-4-7-16/h2-9,11,13H,10,12,14-15H2,1H3. The number of hydrogen-bond acceptors (Lipinski definition) is 5. The maximum atomic E-state index is 12.0. The molecule has 2 aromatic heterocycles. The molecule has 0 saturated heterocycles. The van der Waals surface area contributed by atoms with E-state index < -0.39 is 5.97 Å². The van der Waals surface area contributed by atoms with Crippen LogP contribution < -0.4 is 0 Å². The fourth-order valence-electron chi connectivity index (χ4n) is 2.54. The third kappa shape index (κ3) is 5.34. The van der Waals surface area contributed by atoms with E-state index in [0.29, 0.717) is 24.5 Å². The molecule has 0 bridgehead atoms. The average Bonchev–Trinajstić information content (AvgIpc) is 3.37. The van der Waals surface area contributed by atoms with Crippen LogP contribution in [0.5, 0.6) is 0 Å². The first-order valence-electron chi connectivity index (χ1n) is 8.68. The van der Waals surface area contributed by atoms with Gasteiger partial charge < -0.3 is 18.5 Å². The molecule has 0 aliphatic rings. The Morgan fingerprint density at radius 2 is 1.81 bits per heavy atom. The van der Waals surface area contributed by atoms with E-state index in [4.69, 9.17) is 13.6 Å². The van der Waals surface area contributed by atoms with E-state index in [-0.39, 0.29) is 18.9 Å². The maximum Gasteiger partial charge on any atom is 0.306 e. The SMILES string of the molecule is CN(Cc1ccco1)C(=O)COC(=O)CCc1ccc(-c2ccccc2)o1. The number of nitrogens with zero attached hydrogens (tertiary/aromatic N) is 1. The Bertz CT molecular complexity index is 867. The molecule has 0 atom stereocenters.